The SMILES string of the molecule is Cl.Cn1cccc1[C@H](N)CC(F)F. The second-order valence-corrected chi connectivity index (χ2v) is 2.78. The van der Waals surface area contributed by atoms with Gasteiger partial charge in [-0.2, -0.15) is 0 Å². The van der Waals surface area contributed by atoms with Gasteiger partial charge in [0.2, 0.25) is 6.43 Å². The second kappa shape index (κ2) is 5.19. The van der Waals surface area contributed by atoms with E-state index < -0.39 is 12.5 Å². The maximum Gasteiger partial charge on any atom is 0.240 e. The number of alkyl halides is 2. The third-order valence-corrected chi connectivity index (χ3v) is 1.80. The van der Waals surface area contributed by atoms with Gasteiger partial charge in [0.25, 0.3) is 0 Å². The first kappa shape index (κ1) is 12.4. The van der Waals surface area contributed by atoms with Gasteiger partial charge < -0.3 is 10.3 Å². The Morgan fingerprint density at radius 1 is 1.54 bits per heavy atom. The van der Waals surface area contributed by atoms with Crippen molar-refractivity contribution in [2.24, 2.45) is 12.8 Å². The van der Waals surface area contributed by atoms with Gasteiger partial charge in [-0.15, -0.1) is 12.4 Å². The lowest BCUT2D eigenvalue weighted by molar-refractivity contribution is 0.127. The Bertz CT molecular complexity index is 250. The summed E-state index contributed by atoms with van der Waals surface area (Å²) in [5.74, 6) is 0. The monoisotopic (exact) mass is 210 g/mol. The zero-order valence-electron chi connectivity index (χ0n) is 7.28. The van der Waals surface area contributed by atoms with Crippen molar-refractivity contribution in [3.05, 3.63) is 24.0 Å². The largest absolute Gasteiger partial charge is 0.353 e. The molecule has 0 amide bonds. The van der Waals surface area contributed by atoms with E-state index in [1.54, 1.807) is 29.9 Å². The van der Waals surface area contributed by atoms with Gasteiger partial charge >= 0.3 is 0 Å². The van der Waals surface area contributed by atoms with Crippen LogP contribution >= 0.6 is 12.4 Å². The molecule has 0 fully saturated rings. The molecular weight excluding hydrogens is 198 g/mol. The van der Waals surface area contributed by atoms with E-state index in [0.717, 1.165) is 5.69 Å². The van der Waals surface area contributed by atoms with Gasteiger partial charge in [-0.25, -0.2) is 8.78 Å². The Morgan fingerprint density at radius 2 is 2.15 bits per heavy atom. The van der Waals surface area contributed by atoms with Crippen molar-refractivity contribution in [1.82, 2.24) is 4.57 Å². The molecule has 0 unspecified atom stereocenters. The normalized spacial score (nSPS) is 12.7. The average Bonchev–Trinajstić information content (AvgIpc) is 2.33. The first-order valence-electron chi connectivity index (χ1n) is 3.76. The van der Waals surface area contributed by atoms with Crippen molar-refractivity contribution in [3.8, 4) is 0 Å². The molecule has 0 aliphatic carbocycles. The van der Waals surface area contributed by atoms with Gasteiger partial charge in [0.15, 0.2) is 0 Å². The molecule has 1 heterocycles. The van der Waals surface area contributed by atoms with Gasteiger partial charge in [-0.05, 0) is 12.1 Å². The summed E-state index contributed by atoms with van der Waals surface area (Å²) < 4.78 is 25.6. The Hall–Kier alpha value is -0.610. The highest BCUT2D eigenvalue weighted by Gasteiger charge is 2.14. The number of nitrogens with two attached hydrogens (primary N) is 1. The minimum absolute atomic E-state index is 0. The number of aryl methyl sites for hydroxylation is 1. The van der Waals surface area contributed by atoms with Crippen LogP contribution in [0.25, 0.3) is 0 Å². The van der Waals surface area contributed by atoms with Crippen molar-refractivity contribution in [2.75, 3.05) is 0 Å². The molecule has 1 rings (SSSR count). The predicted molar refractivity (Wildman–Crippen MR) is 50.2 cm³/mol. The van der Waals surface area contributed by atoms with Crippen molar-refractivity contribution < 1.29 is 8.78 Å². The number of rotatable bonds is 3. The third-order valence-electron chi connectivity index (χ3n) is 1.80. The van der Waals surface area contributed by atoms with Gasteiger partial charge in [-0.1, -0.05) is 0 Å². The van der Waals surface area contributed by atoms with Crippen molar-refractivity contribution in [2.45, 2.75) is 18.9 Å². The van der Waals surface area contributed by atoms with Crippen LogP contribution in [-0.2, 0) is 7.05 Å². The molecule has 1 atom stereocenters. The topological polar surface area (TPSA) is 30.9 Å². The molecule has 0 aliphatic heterocycles. The summed E-state index contributed by atoms with van der Waals surface area (Å²) >= 11 is 0. The van der Waals surface area contributed by atoms with Crippen LogP contribution in [0, 0.1) is 0 Å². The fourth-order valence-electron chi connectivity index (χ4n) is 1.17. The summed E-state index contributed by atoms with van der Waals surface area (Å²) in [7, 11) is 1.79. The molecule has 1 aromatic heterocycles. The van der Waals surface area contributed by atoms with Crippen LogP contribution in [0.3, 0.4) is 0 Å². The van der Waals surface area contributed by atoms with Crippen LogP contribution in [-0.4, -0.2) is 11.0 Å². The quantitative estimate of drug-likeness (QED) is 0.814. The molecule has 0 radical (unpaired) electrons. The molecule has 0 aromatic carbocycles. The lowest BCUT2D eigenvalue weighted by Crippen LogP contribution is -2.16. The van der Waals surface area contributed by atoms with Gasteiger partial charge in [-0.3, -0.25) is 0 Å². The number of nitrogens with zero attached hydrogens (tertiary/aromatic N) is 1. The van der Waals surface area contributed by atoms with Crippen molar-refractivity contribution in [1.29, 1.82) is 0 Å². The summed E-state index contributed by atoms with van der Waals surface area (Å²) in [6, 6.07) is 2.98. The van der Waals surface area contributed by atoms with Crippen LogP contribution in [0.15, 0.2) is 18.3 Å². The minimum atomic E-state index is -2.34. The molecule has 1 aromatic rings. The third kappa shape index (κ3) is 3.32. The molecule has 0 saturated heterocycles. The number of aromatic nitrogens is 1. The Kier molecular flexibility index (Phi) is 4.95. The highest BCUT2D eigenvalue weighted by Crippen LogP contribution is 2.17. The lowest BCUT2D eigenvalue weighted by Gasteiger charge is -2.11. The standard InChI is InChI=1S/C8H12F2N2.ClH/c1-12-4-2-3-7(12)6(11)5-8(9)10;/h2-4,6,8H,5,11H2,1H3;1H/t6-;/m1./s1. The van der Waals surface area contributed by atoms with E-state index in [9.17, 15) is 8.78 Å². The molecule has 0 spiro atoms. The average molecular weight is 211 g/mol. The second-order valence-electron chi connectivity index (χ2n) is 2.78. The first-order chi connectivity index (χ1) is 5.61. The summed E-state index contributed by atoms with van der Waals surface area (Å²) in [5, 5.41) is 0. The summed E-state index contributed by atoms with van der Waals surface area (Å²) in [4.78, 5) is 0. The lowest BCUT2D eigenvalue weighted by atomic mass is 10.1. The van der Waals surface area contributed by atoms with E-state index in [2.05, 4.69) is 0 Å². The molecule has 5 heteroatoms. The van der Waals surface area contributed by atoms with Crippen molar-refractivity contribution in [3.63, 3.8) is 0 Å². The maximum absolute atomic E-state index is 11.9. The predicted octanol–water partition coefficient (Wildman–Crippen LogP) is 2.10. The molecule has 0 saturated carbocycles. The van der Waals surface area contributed by atoms with Gasteiger partial charge in [0.05, 0.1) is 6.04 Å². The maximum atomic E-state index is 11.9. The Balaban J connectivity index is 0.00000144. The van der Waals surface area contributed by atoms with Gasteiger partial charge in [0.1, 0.15) is 0 Å². The van der Waals surface area contributed by atoms with E-state index in [0.29, 0.717) is 0 Å². The smallest absolute Gasteiger partial charge is 0.240 e. The molecule has 13 heavy (non-hydrogen) atoms. The Labute approximate surface area is 82.1 Å². The van der Waals surface area contributed by atoms with Crippen LogP contribution in [0.2, 0.25) is 0 Å². The van der Waals surface area contributed by atoms with Crippen molar-refractivity contribution >= 4 is 12.4 Å². The van der Waals surface area contributed by atoms with E-state index in [1.807, 2.05) is 0 Å². The van der Waals surface area contributed by atoms with Crippen LogP contribution < -0.4 is 5.73 Å². The highest BCUT2D eigenvalue weighted by atomic mass is 35.5. The molecule has 0 bridgehead atoms. The summed E-state index contributed by atoms with van der Waals surface area (Å²) in [6.07, 6.45) is -0.826. The van der Waals surface area contributed by atoms with E-state index in [1.165, 1.54) is 0 Å². The Morgan fingerprint density at radius 3 is 2.54 bits per heavy atom. The van der Waals surface area contributed by atoms with E-state index >= 15 is 0 Å². The molecule has 2 N–H and O–H groups in total. The van der Waals surface area contributed by atoms with E-state index in [4.69, 9.17) is 5.73 Å². The van der Waals surface area contributed by atoms with Crippen LogP contribution in [0.5, 0.6) is 0 Å². The molecular formula is C8H13ClF2N2. The fraction of sp³-hybridized carbons (Fsp3) is 0.500. The minimum Gasteiger partial charge on any atom is -0.353 e. The number of hydrogen-bond donors (Lipinski definition) is 1. The first-order valence-corrected chi connectivity index (χ1v) is 3.76. The van der Waals surface area contributed by atoms with Crippen LogP contribution in [0.1, 0.15) is 18.2 Å². The highest BCUT2D eigenvalue weighted by molar-refractivity contribution is 5.85. The number of hydrogen-bond acceptors (Lipinski definition) is 1. The van der Waals surface area contributed by atoms with Crippen LogP contribution in [0.4, 0.5) is 8.78 Å². The summed E-state index contributed by atoms with van der Waals surface area (Å²) in [6.45, 7) is 0. The fourth-order valence-corrected chi connectivity index (χ4v) is 1.17. The molecule has 2 nitrogen and oxygen atoms in total. The summed E-state index contributed by atoms with van der Waals surface area (Å²) in [5.41, 5.74) is 6.29. The van der Waals surface area contributed by atoms with E-state index in [-0.39, 0.29) is 18.8 Å². The zero-order chi connectivity index (χ0) is 9.14. The molecule has 76 valence electrons. The molecule has 0 aliphatic rings. The van der Waals surface area contributed by atoms with Gasteiger partial charge in [0, 0.05) is 25.4 Å². The zero-order valence-corrected chi connectivity index (χ0v) is 8.10. The number of halogens is 3.